The van der Waals surface area contributed by atoms with E-state index in [1.54, 1.807) is 13.2 Å². The number of H-pyrrole nitrogens is 1. The van der Waals surface area contributed by atoms with Gasteiger partial charge in [0, 0.05) is 17.1 Å². The smallest absolute Gasteiger partial charge is 0.128 e. The van der Waals surface area contributed by atoms with Gasteiger partial charge in [0.25, 0.3) is 0 Å². The van der Waals surface area contributed by atoms with Gasteiger partial charge < -0.3 is 15.0 Å². The predicted molar refractivity (Wildman–Crippen MR) is 73.1 cm³/mol. The van der Waals surface area contributed by atoms with Gasteiger partial charge in [0.15, 0.2) is 0 Å². The second-order valence-electron chi connectivity index (χ2n) is 4.02. The molecular weight excluding hydrogens is 250 g/mol. The highest BCUT2D eigenvalue weighted by molar-refractivity contribution is 6.31. The Bertz CT molecular complexity index is 551. The summed E-state index contributed by atoms with van der Waals surface area (Å²) in [5, 5.41) is 3.78. The molecule has 5 heteroatoms. The number of rotatable bonds is 4. The molecule has 0 saturated heterocycles. The summed E-state index contributed by atoms with van der Waals surface area (Å²) in [6.45, 7) is 2.64. The summed E-state index contributed by atoms with van der Waals surface area (Å²) in [6.07, 6.45) is 0. The van der Waals surface area contributed by atoms with Crippen LogP contribution in [0.1, 0.15) is 11.5 Å². The first-order valence-corrected chi connectivity index (χ1v) is 6.07. The van der Waals surface area contributed by atoms with Gasteiger partial charge in [-0.15, -0.1) is 0 Å². The molecule has 0 unspecified atom stereocenters. The number of nitrogens with one attached hydrogen (secondary N) is 2. The van der Waals surface area contributed by atoms with Gasteiger partial charge in [-0.3, -0.25) is 0 Å². The number of aryl methyl sites for hydroxylation is 1. The van der Waals surface area contributed by atoms with Crippen LogP contribution in [0.2, 0.25) is 5.02 Å². The maximum Gasteiger partial charge on any atom is 0.128 e. The fourth-order valence-corrected chi connectivity index (χ4v) is 2.11. The minimum atomic E-state index is 0.668. The highest BCUT2D eigenvalue weighted by Gasteiger charge is 2.14. The first-order chi connectivity index (χ1) is 8.65. The molecule has 96 valence electrons. The van der Waals surface area contributed by atoms with Gasteiger partial charge in [0.05, 0.1) is 18.5 Å². The van der Waals surface area contributed by atoms with Crippen LogP contribution in [-0.2, 0) is 6.54 Å². The molecule has 0 spiro atoms. The Morgan fingerprint density at radius 3 is 2.89 bits per heavy atom. The normalized spacial score (nSPS) is 10.7. The first kappa shape index (κ1) is 12.9. The summed E-state index contributed by atoms with van der Waals surface area (Å²) in [7, 11) is 3.54. The van der Waals surface area contributed by atoms with Crippen molar-refractivity contribution >= 4 is 11.6 Å². The number of methoxy groups -OCH3 is 1. The molecule has 0 fully saturated rings. The number of hydrogen-bond donors (Lipinski definition) is 2. The van der Waals surface area contributed by atoms with Crippen molar-refractivity contribution in [2.24, 2.45) is 0 Å². The first-order valence-electron chi connectivity index (χ1n) is 5.69. The Balaban J connectivity index is 2.56. The fraction of sp³-hybridized carbons (Fsp3) is 0.308. The quantitative estimate of drug-likeness (QED) is 0.894. The minimum absolute atomic E-state index is 0.668. The minimum Gasteiger partial charge on any atom is -0.496 e. The van der Waals surface area contributed by atoms with Crippen LogP contribution in [-0.4, -0.2) is 24.1 Å². The zero-order chi connectivity index (χ0) is 13.1. The van der Waals surface area contributed by atoms with Gasteiger partial charge in [-0.1, -0.05) is 11.6 Å². The van der Waals surface area contributed by atoms with Gasteiger partial charge in [0.2, 0.25) is 0 Å². The van der Waals surface area contributed by atoms with Gasteiger partial charge in [-0.25, -0.2) is 4.98 Å². The van der Waals surface area contributed by atoms with Crippen LogP contribution in [0.15, 0.2) is 18.2 Å². The van der Waals surface area contributed by atoms with E-state index < -0.39 is 0 Å². The Morgan fingerprint density at radius 2 is 2.22 bits per heavy atom. The van der Waals surface area contributed by atoms with Crippen LogP contribution < -0.4 is 10.1 Å². The number of halogens is 1. The second-order valence-corrected chi connectivity index (χ2v) is 4.46. The van der Waals surface area contributed by atoms with Crippen LogP contribution in [0.5, 0.6) is 5.75 Å². The molecule has 0 aliphatic carbocycles. The Hall–Kier alpha value is -1.52. The monoisotopic (exact) mass is 265 g/mol. The van der Waals surface area contributed by atoms with E-state index in [0.717, 1.165) is 28.5 Å². The highest BCUT2D eigenvalue weighted by atomic mass is 35.5. The third-order valence-corrected chi connectivity index (χ3v) is 2.90. The highest BCUT2D eigenvalue weighted by Crippen LogP contribution is 2.33. The molecule has 0 bridgehead atoms. The van der Waals surface area contributed by atoms with E-state index in [-0.39, 0.29) is 0 Å². The average molecular weight is 266 g/mol. The molecule has 0 radical (unpaired) electrons. The van der Waals surface area contributed by atoms with E-state index in [0.29, 0.717) is 11.6 Å². The number of benzene rings is 1. The van der Waals surface area contributed by atoms with Crippen molar-refractivity contribution in [1.29, 1.82) is 0 Å². The summed E-state index contributed by atoms with van der Waals surface area (Å²) in [6, 6.07) is 5.53. The Labute approximate surface area is 111 Å². The van der Waals surface area contributed by atoms with Crippen LogP contribution in [0.4, 0.5) is 0 Å². The lowest BCUT2D eigenvalue weighted by atomic mass is 10.1. The van der Waals surface area contributed by atoms with Gasteiger partial charge in [-0.2, -0.15) is 0 Å². The lowest BCUT2D eigenvalue weighted by Crippen LogP contribution is -2.06. The third kappa shape index (κ3) is 2.49. The third-order valence-electron chi connectivity index (χ3n) is 2.67. The molecule has 0 saturated carbocycles. The molecule has 0 atom stereocenters. The molecule has 0 aliphatic rings. The molecule has 2 aromatic rings. The predicted octanol–water partition coefficient (Wildman–Crippen LogP) is 2.77. The van der Waals surface area contributed by atoms with Crippen LogP contribution in [0.3, 0.4) is 0 Å². The zero-order valence-corrected chi connectivity index (χ0v) is 11.4. The molecule has 0 aliphatic heterocycles. The maximum atomic E-state index is 6.05. The molecule has 1 aromatic heterocycles. The number of ether oxygens (including phenoxy) is 1. The average Bonchev–Trinajstić information content (AvgIpc) is 2.71. The summed E-state index contributed by atoms with van der Waals surface area (Å²) < 4.78 is 5.36. The van der Waals surface area contributed by atoms with Crippen molar-refractivity contribution < 1.29 is 4.74 Å². The van der Waals surface area contributed by atoms with E-state index in [1.165, 1.54) is 0 Å². The van der Waals surface area contributed by atoms with E-state index in [4.69, 9.17) is 16.3 Å². The lowest BCUT2D eigenvalue weighted by molar-refractivity contribution is 0.416. The topological polar surface area (TPSA) is 49.9 Å². The fourth-order valence-electron chi connectivity index (χ4n) is 1.93. The number of imidazole rings is 1. The molecule has 4 nitrogen and oxygen atoms in total. The van der Waals surface area contributed by atoms with Crippen molar-refractivity contribution in [2.75, 3.05) is 14.2 Å². The van der Waals surface area contributed by atoms with Crippen molar-refractivity contribution in [2.45, 2.75) is 13.5 Å². The van der Waals surface area contributed by atoms with Crippen molar-refractivity contribution in [3.05, 3.63) is 34.7 Å². The van der Waals surface area contributed by atoms with E-state index in [1.807, 2.05) is 26.1 Å². The molecule has 0 amide bonds. The SMILES string of the molecule is CNCc1[nH]c(C)nc1-c1cc(Cl)ccc1OC. The molecule has 1 heterocycles. The van der Waals surface area contributed by atoms with Crippen molar-refractivity contribution in [3.63, 3.8) is 0 Å². The van der Waals surface area contributed by atoms with E-state index in [2.05, 4.69) is 15.3 Å². The van der Waals surface area contributed by atoms with Crippen LogP contribution in [0.25, 0.3) is 11.3 Å². The van der Waals surface area contributed by atoms with Crippen LogP contribution in [0, 0.1) is 6.92 Å². The van der Waals surface area contributed by atoms with Crippen molar-refractivity contribution in [1.82, 2.24) is 15.3 Å². The summed E-state index contributed by atoms with van der Waals surface area (Å²) in [4.78, 5) is 7.76. The van der Waals surface area contributed by atoms with Gasteiger partial charge in [-0.05, 0) is 32.2 Å². The largest absolute Gasteiger partial charge is 0.496 e. The molecule has 2 N–H and O–H groups in total. The maximum absolute atomic E-state index is 6.05. The molecule has 18 heavy (non-hydrogen) atoms. The second kappa shape index (κ2) is 5.42. The number of aromatic nitrogens is 2. The lowest BCUT2D eigenvalue weighted by Gasteiger charge is -2.08. The Kier molecular flexibility index (Phi) is 3.89. The summed E-state index contributed by atoms with van der Waals surface area (Å²) >= 11 is 6.05. The Morgan fingerprint density at radius 1 is 1.44 bits per heavy atom. The number of nitrogens with zero attached hydrogens (tertiary/aromatic N) is 1. The van der Waals surface area contributed by atoms with Gasteiger partial charge >= 0.3 is 0 Å². The molecule has 2 rings (SSSR count). The van der Waals surface area contributed by atoms with Gasteiger partial charge in [0.1, 0.15) is 11.6 Å². The number of aromatic amines is 1. The van der Waals surface area contributed by atoms with E-state index in [9.17, 15) is 0 Å². The van der Waals surface area contributed by atoms with Crippen LogP contribution >= 0.6 is 11.6 Å². The standard InChI is InChI=1S/C13H16ClN3O/c1-8-16-11(7-15-2)13(17-8)10-6-9(14)4-5-12(10)18-3/h4-6,15H,7H2,1-3H3,(H,16,17). The molecular formula is C13H16ClN3O. The van der Waals surface area contributed by atoms with E-state index >= 15 is 0 Å². The molecule has 1 aromatic carbocycles. The zero-order valence-electron chi connectivity index (χ0n) is 10.7. The number of hydrogen-bond acceptors (Lipinski definition) is 3. The van der Waals surface area contributed by atoms with Crippen molar-refractivity contribution in [3.8, 4) is 17.0 Å². The summed E-state index contributed by atoms with van der Waals surface area (Å²) in [5.74, 6) is 1.64. The summed E-state index contributed by atoms with van der Waals surface area (Å²) in [5.41, 5.74) is 2.80.